The summed E-state index contributed by atoms with van der Waals surface area (Å²) in [4.78, 5) is 27.2. The standard InChI is InChI=1S/C22H19Cl2NO4/c1-4-29-15-10-8-14(9-11-15)25-13(2)20(22(27)28-3)17(21(25)26)12-16-18(23)6-5-7-19(16)24/h5-12H,4H2,1-3H3/b17-12-. The van der Waals surface area contributed by atoms with Gasteiger partial charge in [-0.1, -0.05) is 29.3 Å². The molecule has 3 rings (SSSR count). The molecule has 0 bridgehead atoms. The first-order chi connectivity index (χ1) is 13.9. The molecule has 7 heteroatoms. The van der Waals surface area contributed by atoms with Gasteiger partial charge in [0.1, 0.15) is 5.75 Å². The first-order valence-electron chi connectivity index (χ1n) is 8.91. The van der Waals surface area contributed by atoms with Crippen molar-refractivity contribution in [2.45, 2.75) is 13.8 Å². The number of methoxy groups -OCH3 is 1. The Morgan fingerprint density at radius 3 is 2.28 bits per heavy atom. The highest BCUT2D eigenvalue weighted by Gasteiger charge is 2.38. The number of carbonyl (C=O) groups is 2. The molecule has 29 heavy (non-hydrogen) atoms. The number of amides is 1. The Labute approximate surface area is 179 Å². The third-order valence-corrected chi connectivity index (χ3v) is 5.14. The molecule has 0 radical (unpaired) electrons. The molecule has 1 aliphatic heterocycles. The predicted molar refractivity (Wildman–Crippen MR) is 114 cm³/mol. The van der Waals surface area contributed by atoms with Crippen LogP contribution in [0, 0.1) is 0 Å². The van der Waals surface area contributed by atoms with Crippen LogP contribution in [0.1, 0.15) is 19.4 Å². The van der Waals surface area contributed by atoms with E-state index >= 15 is 0 Å². The van der Waals surface area contributed by atoms with Crippen molar-refractivity contribution in [3.8, 4) is 5.75 Å². The van der Waals surface area contributed by atoms with E-state index in [2.05, 4.69) is 0 Å². The normalized spacial score (nSPS) is 15.3. The highest BCUT2D eigenvalue weighted by atomic mass is 35.5. The van der Waals surface area contributed by atoms with E-state index < -0.39 is 5.97 Å². The summed E-state index contributed by atoms with van der Waals surface area (Å²) < 4.78 is 10.4. The van der Waals surface area contributed by atoms with Crippen LogP contribution in [0.5, 0.6) is 5.75 Å². The van der Waals surface area contributed by atoms with Crippen LogP contribution in [0.3, 0.4) is 0 Å². The Hall–Kier alpha value is -2.76. The van der Waals surface area contributed by atoms with Crippen molar-refractivity contribution in [3.05, 3.63) is 74.9 Å². The molecule has 0 atom stereocenters. The number of rotatable bonds is 5. The summed E-state index contributed by atoms with van der Waals surface area (Å²) in [5.74, 6) is -0.293. The van der Waals surface area contributed by atoms with Gasteiger partial charge in [0.15, 0.2) is 0 Å². The third kappa shape index (κ3) is 4.02. The molecule has 2 aromatic carbocycles. The van der Waals surface area contributed by atoms with Gasteiger partial charge >= 0.3 is 5.97 Å². The smallest absolute Gasteiger partial charge is 0.340 e. The van der Waals surface area contributed by atoms with Gasteiger partial charge in [0.05, 0.1) is 24.9 Å². The highest BCUT2D eigenvalue weighted by Crippen LogP contribution is 2.37. The Morgan fingerprint density at radius 1 is 1.10 bits per heavy atom. The van der Waals surface area contributed by atoms with Gasteiger partial charge in [-0.05, 0) is 56.3 Å². The van der Waals surface area contributed by atoms with Gasteiger partial charge < -0.3 is 9.47 Å². The maximum absolute atomic E-state index is 13.3. The van der Waals surface area contributed by atoms with Crippen LogP contribution in [0.2, 0.25) is 10.0 Å². The molecule has 0 saturated carbocycles. The number of hydrogen-bond acceptors (Lipinski definition) is 4. The minimum atomic E-state index is -0.612. The molecule has 0 aromatic heterocycles. The zero-order valence-electron chi connectivity index (χ0n) is 16.2. The molecule has 2 aromatic rings. The molecule has 150 valence electrons. The van der Waals surface area contributed by atoms with E-state index in [1.54, 1.807) is 49.4 Å². The van der Waals surface area contributed by atoms with Gasteiger partial charge in [0.2, 0.25) is 0 Å². The lowest BCUT2D eigenvalue weighted by Gasteiger charge is -2.18. The lowest BCUT2D eigenvalue weighted by atomic mass is 10.0. The predicted octanol–water partition coefficient (Wildman–Crippen LogP) is 5.27. The topological polar surface area (TPSA) is 55.8 Å². The summed E-state index contributed by atoms with van der Waals surface area (Å²) in [6.45, 7) is 4.12. The molecular formula is C22H19Cl2NO4. The number of esters is 1. The lowest BCUT2D eigenvalue weighted by Crippen LogP contribution is -2.24. The summed E-state index contributed by atoms with van der Waals surface area (Å²) in [5, 5.41) is 0.748. The Kier molecular flexibility index (Phi) is 6.30. The van der Waals surface area contributed by atoms with Gasteiger partial charge in [0, 0.05) is 27.0 Å². The van der Waals surface area contributed by atoms with Crippen molar-refractivity contribution in [1.82, 2.24) is 0 Å². The second-order valence-electron chi connectivity index (χ2n) is 6.21. The molecule has 0 aliphatic carbocycles. The van der Waals surface area contributed by atoms with Crippen LogP contribution >= 0.6 is 23.2 Å². The van der Waals surface area contributed by atoms with Crippen molar-refractivity contribution >= 4 is 46.8 Å². The van der Waals surface area contributed by atoms with E-state index in [9.17, 15) is 9.59 Å². The van der Waals surface area contributed by atoms with Crippen LogP contribution in [0.15, 0.2) is 59.3 Å². The minimum absolute atomic E-state index is 0.165. The number of hydrogen-bond donors (Lipinski definition) is 0. The van der Waals surface area contributed by atoms with Crippen LogP contribution in [0.4, 0.5) is 5.69 Å². The van der Waals surface area contributed by atoms with Gasteiger partial charge in [0.25, 0.3) is 5.91 Å². The zero-order valence-corrected chi connectivity index (χ0v) is 17.7. The molecular weight excluding hydrogens is 413 g/mol. The lowest BCUT2D eigenvalue weighted by molar-refractivity contribution is -0.136. The number of allylic oxidation sites excluding steroid dienone is 1. The van der Waals surface area contributed by atoms with Crippen molar-refractivity contribution in [2.24, 2.45) is 0 Å². The van der Waals surface area contributed by atoms with E-state index in [0.29, 0.717) is 39.3 Å². The first-order valence-corrected chi connectivity index (χ1v) is 9.67. The number of benzene rings is 2. The molecule has 0 saturated heterocycles. The van der Waals surface area contributed by atoms with Crippen molar-refractivity contribution in [1.29, 1.82) is 0 Å². The van der Waals surface area contributed by atoms with Crippen molar-refractivity contribution in [2.75, 3.05) is 18.6 Å². The fourth-order valence-electron chi connectivity index (χ4n) is 3.14. The molecule has 0 unspecified atom stereocenters. The minimum Gasteiger partial charge on any atom is -0.494 e. The monoisotopic (exact) mass is 431 g/mol. The largest absolute Gasteiger partial charge is 0.494 e. The zero-order chi connectivity index (χ0) is 21.1. The summed E-state index contributed by atoms with van der Waals surface area (Å²) in [5.41, 5.74) is 1.86. The molecule has 0 fully saturated rings. The van der Waals surface area contributed by atoms with E-state index in [1.165, 1.54) is 18.1 Å². The molecule has 0 N–H and O–H groups in total. The van der Waals surface area contributed by atoms with Crippen LogP contribution in [-0.2, 0) is 14.3 Å². The molecule has 1 amide bonds. The van der Waals surface area contributed by atoms with Gasteiger partial charge in [-0.25, -0.2) is 4.79 Å². The van der Waals surface area contributed by atoms with Gasteiger partial charge in [-0.2, -0.15) is 0 Å². The Morgan fingerprint density at radius 2 is 1.72 bits per heavy atom. The SMILES string of the molecule is CCOc1ccc(N2C(=O)/C(=C\c3c(Cl)cccc3Cl)C(C(=O)OC)=C2C)cc1. The second-order valence-corrected chi connectivity index (χ2v) is 7.03. The number of halogens is 2. The van der Waals surface area contributed by atoms with E-state index in [0.717, 1.165) is 0 Å². The molecule has 1 aliphatic rings. The number of ether oxygens (including phenoxy) is 2. The molecule has 5 nitrogen and oxygen atoms in total. The van der Waals surface area contributed by atoms with E-state index in [-0.39, 0.29) is 17.1 Å². The Bertz CT molecular complexity index is 1010. The highest BCUT2D eigenvalue weighted by molar-refractivity contribution is 6.37. The van der Waals surface area contributed by atoms with Crippen LogP contribution < -0.4 is 9.64 Å². The van der Waals surface area contributed by atoms with Crippen molar-refractivity contribution < 1.29 is 19.1 Å². The van der Waals surface area contributed by atoms with E-state index in [1.807, 2.05) is 6.92 Å². The second kappa shape index (κ2) is 8.72. The molecule has 0 spiro atoms. The fourth-order valence-corrected chi connectivity index (χ4v) is 3.65. The van der Waals surface area contributed by atoms with Crippen LogP contribution in [-0.4, -0.2) is 25.6 Å². The maximum Gasteiger partial charge on any atom is 0.340 e. The number of carbonyl (C=O) groups excluding carboxylic acids is 2. The first kappa shape index (κ1) is 21.0. The van der Waals surface area contributed by atoms with Crippen molar-refractivity contribution in [3.63, 3.8) is 0 Å². The Balaban J connectivity index is 2.12. The maximum atomic E-state index is 13.3. The fraction of sp³-hybridized carbons (Fsp3) is 0.182. The average Bonchev–Trinajstić information content (AvgIpc) is 2.95. The average molecular weight is 432 g/mol. The summed E-state index contributed by atoms with van der Waals surface area (Å²) in [6, 6.07) is 12.1. The number of anilines is 1. The van der Waals surface area contributed by atoms with Gasteiger partial charge in [-0.15, -0.1) is 0 Å². The van der Waals surface area contributed by atoms with E-state index in [4.69, 9.17) is 32.7 Å². The quantitative estimate of drug-likeness (QED) is 0.477. The summed E-state index contributed by atoms with van der Waals surface area (Å²) in [6.07, 6.45) is 1.53. The van der Waals surface area contributed by atoms with Crippen LogP contribution in [0.25, 0.3) is 6.08 Å². The summed E-state index contributed by atoms with van der Waals surface area (Å²) in [7, 11) is 1.27. The molecule has 1 heterocycles. The third-order valence-electron chi connectivity index (χ3n) is 4.48. The van der Waals surface area contributed by atoms with Gasteiger partial charge in [-0.3, -0.25) is 9.69 Å². The summed E-state index contributed by atoms with van der Waals surface area (Å²) >= 11 is 12.5. The number of nitrogens with zero attached hydrogens (tertiary/aromatic N) is 1.